The van der Waals surface area contributed by atoms with E-state index in [0.29, 0.717) is 0 Å². The molecular formula is C14H25N3. The van der Waals surface area contributed by atoms with Gasteiger partial charge in [0, 0.05) is 18.8 Å². The number of aromatic nitrogens is 2. The number of aryl methyl sites for hydroxylation is 1. The molecule has 1 aromatic heterocycles. The molecule has 3 heteroatoms. The lowest BCUT2D eigenvalue weighted by atomic mass is 10.0. The molecule has 2 rings (SSSR count). The molecule has 0 radical (unpaired) electrons. The first kappa shape index (κ1) is 12.6. The highest BCUT2D eigenvalue weighted by atomic mass is 14.9. The van der Waals surface area contributed by atoms with Gasteiger partial charge in [0.05, 0.1) is 0 Å². The van der Waals surface area contributed by atoms with Crippen LogP contribution in [-0.2, 0) is 6.42 Å². The summed E-state index contributed by atoms with van der Waals surface area (Å²) in [7, 11) is 0. The van der Waals surface area contributed by atoms with E-state index >= 15 is 0 Å². The fraction of sp³-hybridized carbons (Fsp3) is 0.786. The minimum atomic E-state index is 0.932. The number of aromatic amines is 1. The highest BCUT2D eigenvalue weighted by Gasteiger charge is 2.11. The zero-order valence-electron chi connectivity index (χ0n) is 10.8. The van der Waals surface area contributed by atoms with E-state index in [9.17, 15) is 0 Å². The van der Waals surface area contributed by atoms with E-state index < -0.39 is 0 Å². The molecular weight excluding hydrogens is 210 g/mol. The van der Waals surface area contributed by atoms with Gasteiger partial charge in [0.25, 0.3) is 0 Å². The summed E-state index contributed by atoms with van der Waals surface area (Å²) in [6, 6.07) is 0. The first-order chi connectivity index (χ1) is 8.45. The summed E-state index contributed by atoms with van der Waals surface area (Å²) < 4.78 is 0. The predicted molar refractivity (Wildman–Crippen MR) is 71.0 cm³/mol. The van der Waals surface area contributed by atoms with Crippen LogP contribution < -0.4 is 5.32 Å². The van der Waals surface area contributed by atoms with Crippen molar-refractivity contribution in [1.82, 2.24) is 15.3 Å². The van der Waals surface area contributed by atoms with Crippen molar-refractivity contribution < 1.29 is 0 Å². The molecule has 1 aromatic rings. The molecule has 17 heavy (non-hydrogen) atoms. The Morgan fingerprint density at radius 2 is 2.06 bits per heavy atom. The zero-order chi connectivity index (χ0) is 11.8. The van der Waals surface area contributed by atoms with Crippen LogP contribution in [0.25, 0.3) is 0 Å². The molecule has 0 amide bonds. The largest absolute Gasteiger partial charge is 0.349 e. The van der Waals surface area contributed by atoms with Gasteiger partial charge in [-0.25, -0.2) is 4.98 Å². The average Bonchev–Trinajstić information content (AvgIpc) is 2.72. The second-order valence-electron chi connectivity index (χ2n) is 5.20. The topological polar surface area (TPSA) is 40.7 Å². The van der Waals surface area contributed by atoms with Crippen molar-refractivity contribution in [3.8, 4) is 0 Å². The SMILES string of the molecule is c1c[nH]c(CCCNCC2CCCCCC2)n1. The molecule has 1 heterocycles. The van der Waals surface area contributed by atoms with E-state index in [2.05, 4.69) is 15.3 Å². The fourth-order valence-electron chi connectivity index (χ4n) is 2.69. The number of H-pyrrole nitrogens is 1. The van der Waals surface area contributed by atoms with E-state index in [1.165, 1.54) is 51.5 Å². The van der Waals surface area contributed by atoms with Crippen molar-refractivity contribution in [1.29, 1.82) is 0 Å². The Bertz CT molecular complexity index is 274. The Balaban J connectivity index is 1.50. The highest BCUT2D eigenvalue weighted by molar-refractivity contribution is 4.86. The van der Waals surface area contributed by atoms with Crippen LogP contribution in [0.3, 0.4) is 0 Å². The van der Waals surface area contributed by atoms with Gasteiger partial charge in [-0.1, -0.05) is 25.7 Å². The summed E-state index contributed by atoms with van der Waals surface area (Å²) in [6.07, 6.45) is 14.6. The van der Waals surface area contributed by atoms with Gasteiger partial charge >= 0.3 is 0 Å². The van der Waals surface area contributed by atoms with Crippen molar-refractivity contribution in [2.75, 3.05) is 13.1 Å². The number of nitrogens with zero attached hydrogens (tertiary/aromatic N) is 1. The molecule has 1 aliphatic rings. The van der Waals surface area contributed by atoms with Gasteiger partial charge < -0.3 is 10.3 Å². The second kappa shape index (κ2) is 7.49. The first-order valence-electron chi connectivity index (χ1n) is 7.14. The summed E-state index contributed by atoms with van der Waals surface area (Å²) in [5.74, 6) is 2.04. The molecule has 1 fully saturated rings. The van der Waals surface area contributed by atoms with Gasteiger partial charge in [0.2, 0.25) is 0 Å². The van der Waals surface area contributed by atoms with Gasteiger partial charge in [0.15, 0.2) is 0 Å². The Morgan fingerprint density at radius 3 is 2.76 bits per heavy atom. The Hall–Kier alpha value is -0.830. The Kier molecular flexibility index (Phi) is 5.56. The summed E-state index contributed by atoms with van der Waals surface area (Å²) in [6.45, 7) is 2.34. The lowest BCUT2D eigenvalue weighted by Crippen LogP contribution is -2.24. The zero-order valence-corrected chi connectivity index (χ0v) is 10.8. The standard InChI is InChI=1S/C14H25N3/c1-2-4-7-13(6-3-1)12-15-9-5-8-14-16-10-11-17-14/h10-11,13,15H,1-9,12H2,(H,16,17). The Morgan fingerprint density at radius 1 is 1.24 bits per heavy atom. The lowest BCUT2D eigenvalue weighted by Gasteiger charge is -2.14. The molecule has 0 saturated heterocycles. The molecule has 0 atom stereocenters. The number of hydrogen-bond acceptors (Lipinski definition) is 2. The van der Waals surface area contributed by atoms with Crippen molar-refractivity contribution in [3.63, 3.8) is 0 Å². The van der Waals surface area contributed by atoms with Crippen LogP contribution in [0.15, 0.2) is 12.4 Å². The lowest BCUT2D eigenvalue weighted by molar-refractivity contribution is 0.424. The molecule has 3 nitrogen and oxygen atoms in total. The van der Waals surface area contributed by atoms with Crippen molar-refractivity contribution in [2.24, 2.45) is 5.92 Å². The molecule has 2 N–H and O–H groups in total. The van der Waals surface area contributed by atoms with Gasteiger partial charge in [-0.05, 0) is 38.3 Å². The number of rotatable bonds is 6. The third-order valence-electron chi connectivity index (χ3n) is 3.73. The monoisotopic (exact) mass is 235 g/mol. The molecule has 96 valence electrons. The molecule has 1 saturated carbocycles. The third kappa shape index (κ3) is 4.90. The third-order valence-corrected chi connectivity index (χ3v) is 3.73. The summed E-state index contributed by atoms with van der Waals surface area (Å²) in [5.41, 5.74) is 0. The molecule has 1 aliphatic carbocycles. The Labute approximate surface area is 104 Å². The van der Waals surface area contributed by atoms with E-state index in [1.807, 2.05) is 12.4 Å². The number of nitrogens with one attached hydrogen (secondary N) is 2. The normalized spacial score (nSPS) is 18.1. The van der Waals surface area contributed by atoms with Crippen LogP contribution in [-0.4, -0.2) is 23.1 Å². The molecule has 0 spiro atoms. The number of hydrogen-bond donors (Lipinski definition) is 2. The van der Waals surface area contributed by atoms with E-state index in [0.717, 1.165) is 24.7 Å². The maximum absolute atomic E-state index is 4.23. The molecule has 0 aliphatic heterocycles. The van der Waals surface area contributed by atoms with Crippen LogP contribution in [0.4, 0.5) is 0 Å². The minimum absolute atomic E-state index is 0.932. The van der Waals surface area contributed by atoms with E-state index in [-0.39, 0.29) is 0 Å². The highest BCUT2D eigenvalue weighted by Crippen LogP contribution is 2.21. The van der Waals surface area contributed by atoms with Crippen molar-refractivity contribution in [2.45, 2.75) is 51.4 Å². The summed E-state index contributed by atoms with van der Waals surface area (Å²) in [4.78, 5) is 7.38. The predicted octanol–water partition coefficient (Wildman–Crippen LogP) is 2.90. The van der Waals surface area contributed by atoms with Gasteiger partial charge in [-0.2, -0.15) is 0 Å². The van der Waals surface area contributed by atoms with Crippen LogP contribution in [0.1, 0.15) is 50.8 Å². The second-order valence-corrected chi connectivity index (χ2v) is 5.20. The summed E-state index contributed by atoms with van der Waals surface area (Å²) in [5, 5.41) is 3.60. The van der Waals surface area contributed by atoms with Gasteiger partial charge in [0.1, 0.15) is 5.82 Å². The average molecular weight is 235 g/mol. The van der Waals surface area contributed by atoms with E-state index in [1.54, 1.807) is 0 Å². The molecule has 0 aromatic carbocycles. The minimum Gasteiger partial charge on any atom is -0.349 e. The fourth-order valence-corrected chi connectivity index (χ4v) is 2.69. The van der Waals surface area contributed by atoms with Crippen LogP contribution in [0.5, 0.6) is 0 Å². The van der Waals surface area contributed by atoms with Gasteiger partial charge in [-0.3, -0.25) is 0 Å². The van der Waals surface area contributed by atoms with E-state index in [4.69, 9.17) is 0 Å². The van der Waals surface area contributed by atoms with Crippen molar-refractivity contribution >= 4 is 0 Å². The van der Waals surface area contributed by atoms with Crippen LogP contribution in [0.2, 0.25) is 0 Å². The van der Waals surface area contributed by atoms with Crippen LogP contribution >= 0.6 is 0 Å². The van der Waals surface area contributed by atoms with Gasteiger partial charge in [-0.15, -0.1) is 0 Å². The number of imidazole rings is 1. The molecule has 0 bridgehead atoms. The maximum atomic E-state index is 4.23. The summed E-state index contributed by atoms with van der Waals surface area (Å²) >= 11 is 0. The first-order valence-corrected chi connectivity index (χ1v) is 7.14. The van der Waals surface area contributed by atoms with Crippen LogP contribution in [0, 0.1) is 5.92 Å². The quantitative estimate of drug-likeness (QED) is 0.588. The van der Waals surface area contributed by atoms with Crippen molar-refractivity contribution in [3.05, 3.63) is 18.2 Å². The maximum Gasteiger partial charge on any atom is 0.106 e. The smallest absolute Gasteiger partial charge is 0.106 e. The molecule has 0 unspecified atom stereocenters.